The average molecular weight is 278 g/mol. The van der Waals surface area contributed by atoms with Crippen LogP contribution in [0.4, 0.5) is 0 Å². The van der Waals surface area contributed by atoms with Gasteiger partial charge in [-0.2, -0.15) is 5.10 Å². The molecule has 1 aromatic rings. The lowest BCUT2D eigenvalue weighted by molar-refractivity contribution is 0.279. The lowest BCUT2D eigenvalue weighted by Gasteiger charge is -2.22. The Bertz CT molecular complexity index is 432. The Morgan fingerprint density at radius 3 is 2.40 bits per heavy atom. The Hall–Kier alpha value is -0.870. The fourth-order valence-corrected chi connectivity index (χ4v) is 3.37. The molecule has 4 nitrogen and oxygen atoms in total. The fraction of sp³-hybridized carbons (Fsp3) is 0.812. The number of nitrogens with one attached hydrogen (secondary N) is 1. The average Bonchev–Trinajstić information content (AvgIpc) is 2.96. The van der Waals surface area contributed by atoms with Crippen LogP contribution < -0.4 is 5.32 Å². The molecule has 1 N–H and O–H groups in total. The van der Waals surface area contributed by atoms with Gasteiger partial charge in [-0.3, -0.25) is 4.68 Å². The highest BCUT2D eigenvalue weighted by Gasteiger charge is 2.18. The number of hydrogen-bond donors (Lipinski definition) is 1. The van der Waals surface area contributed by atoms with Crippen molar-refractivity contribution in [2.24, 2.45) is 13.0 Å². The standard InChI is InChI=1S/C16H30N4/c1-12(11-20-8-6-7-9-20)10-17-13(2)16-14(3)18-19(5)15(16)4/h12-13,17H,6-11H2,1-5H3. The fourth-order valence-electron chi connectivity index (χ4n) is 3.37. The molecule has 2 rings (SSSR count). The Labute approximate surface area is 123 Å². The molecule has 1 fully saturated rings. The Morgan fingerprint density at radius 1 is 1.20 bits per heavy atom. The largest absolute Gasteiger partial charge is 0.310 e. The van der Waals surface area contributed by atoms with Gasteiger partial charge in [0.05, 0.1) is 5.69 Å². The highest BCUT2D eigenvalue weighted by Crippen LogP contribution is 2.20. The van der Waals surface area contributed by atoms with Crippen LogP contribution in [0.5, 0.6) is 0 Å². The van der Waals surface area contributed by atoms with Gasteiger partial charge in [0.25, 0.3) is 0 Å². The number of aromatic nitrogens is 2. The van der Waals surface area contributed by atoms with Gasteiger partial charge in [-0.15, -0.1) is 0 Å². The van der Waals surface area contributed by atoms with Crippen molar-refractivity contribution in [3.63, 3.8) is 0 Å². The van der Waals surface area contributed by atoms with Crippen molar-refractivity contribution >= 4 is 0 Å². The van der Waals surface area contributed by atoms with E-state index in [1.807, 2.05) is 11.7 Å². The molecular weight excluding hydrogens is 248 g/mol. The topological polar surface area (TPSA) is 33.1 Å². The Morgan fingerprint density at radius 2 is 1.85 bits per heavy atom. The van der Waals surface area contributed by atoms with Gasteiger partial charge >= 0.3 is 0 Å². The van der Waals surface area contributed by atoms with Gasteiger partial charge in [-0.25, -0.2) is 0 Å². The van der Waals surface area contributed by atoms with E-state index in [4.69, 9.17) is 0 Å². The van der Waals surface area contributed by atoms with Crippen molar-refractivity contribution in [3.05, 3.63) is 17.0 Å². The summed E-state index contributed by atoms with van der Waals surface area (Å²) in [5, 5.41) is 8.20. The minimum Gasteiger partial charge on any atom is -0.310 e. The zero-order valence-electron chi connectivity index (χ0n) is 13.7. The SMILES string of the molecule is Cc1nn(C)c(C)c1C(C)NCC(C)CN1CCCC1. The van der Waals surface area contributed by atoms with Crippen LogP contribution in [0.2, 0.25) is 0 Å². The van der Waals surface area contributed by atoms with Crippen LogP contribution in [0.1, 0.15) is 49.7 Å². The molecule has 1 aliphatic rings. The second-order valence-corrected chi connectivity index (χ2v) is 6.45. The molecule has 2 atom stereocenters. The van der Waals surface area contributed by atoms with Gasteiger partial charge in [0.1, 0.15) is 0 Å². The van der Waals surface area contributed by atoms with Gasteiger partial charge in [-0.05, 0) is 59.2 Å². The van der Waals surface area contributed by atoms with E-state index in [1.54, 1.807) is 0 Å². The van der Waals surface area contributed by atoms with Crippen LogP contribution in [-0.2, 0) is 7.05 Å². The minimum atomic E-state index is 0.379. The first-order chi connectivity index (χ1) is 9.49. The molecule has 114 valence electrons. The summed E-state index contributed by atoms with van der Waals surface area (Å²) < 4.78 is 1.98. The first kappa shape index (κ1) is 15.5. The predicted molar refractivity (Wildman–Crippen MR) is 83.9 cm³/mol. The molecule has 0 aromatic carbocycles. The van der Waals surface area contributed by atoms with Crippen LogP contribution in [0.3, 0.4) is 0 Å². The maximum Gasteiger partial charge on any atom is 0.0644 e. The summed E-state index contributed by atoms with van der Waals surface area (Å²) in [5.41, 5.74) is 3.78. The van der Waals surface area contributed by atoms with Crippen LogP contribution in [0.25, 0.3) is 0 Å². The van der Waals surface area contributed by atoms with Crippen LogP contribution in [0, 0.1) is 19.8 Å². The second-order valence-electron chi connectivity index (χ2n) is 6.45. The van der Waals surface area contributed by atoms with E-state index in [0.717, 1.165) is 12.2 Å². The van der Waals surface area contributed by atoms with Crippen molar-refractivity contribution < 1.29 is 0 Å². The molecule has 0 amide bonds. The van der Waals surface area contributed by atoms with Crippen molar-refractivity contribution in [1.29, 1.82) is 0 Å². The molecule has 0 saturated carbocycles. The van der Waals surface area contributed by atoms with E-state index in [-0.39, 0.29) is 0 Å². The van der Waals surface area contributed by atoms with Gasteiger partial charge in [-0.1, -0.05) is 6.92 Å². The molecule has 0 bridgehead atoms. The maximum atomic E-state index is 4.51. The molecule has 1 saturated heterocycles. The van der Waals surface area contributed by atoms with Crippen molar-refractivity contribution in [2.45, 2.75) is 46.6 Å². The van der Waals surface area contributed by atoms with Crippen LogP contribution >= 0.6 is 0 Å². The molecule has 0 aliphatic carbocycles. The molecule has 20 heavy (non-hydrogen) atoms. The highest BCUT2D eigenvalue weighted by atomic mass is 15.3. The summed E-state index contributed by atoms with van der Waals surface area (Å²) in [6.07, 6.45) is 2.76. The lowest BCUT2D eigenvalue weighted by Crippen LogP contribution is -2.33. The number of hydrogen-bond acceptors (Lipinski definition) is 3. The summed E-state index contributed by atoms with van der Waals surface area (Å²) in [6, 6.07) is 0.379. The molecule has 0 spiro atoms. The summed E-state index contributed by atoms with van der Waals surface area (Å²) in [5.74, 6) is 0.702. The highest BCUT2D eigenvalue weighted by molar-refractivity contribution is 5.27. The third kappa shape index (κ3) is 3.61. The van der Waals surface area contributed by atoms with Gasteiger partial charge in [0, 0.05) is 30.9 Å². The summed E-state index contributed by atoms with van der Waals surface area (Å²) >= 11 is 0. The van der Waals surface area contributed by atoms with Gasteiger partial charge < -0.3 is 10.2 Å². The maximum absolute atomic E-state index is 4.51. The van der Waals surface area contributed by atoms with Crippen molar-refractivity contribution in [3.8, 4) is 0 Å². The molecular formula is C16H30N4. The first-order valence-electron chi connectivity index (χ1n) is 7.95. The monoisotopic (exact) mass is 278 g/mol. The van der Waals surface area contributed by atoms with E-state index < -0.39 is 0 Å². The molecule has 2 unspecified atom stereocenters. The number of rotatable bonds is 6. The quantitative estimate of drug-likeness (QED) is 0.867. The molecule has 2 heterocycles. The third-order valence-electron chi connectivity index (χ3n) is 4.54. The van der Waals surface area contributed by atoms with E-state index in [9.17, 15) is 0 Å². The number of likely N-dealkylation sites (tertiary alicyclic amines) is 1. The van der Waals surface area contributed by atoms with Crippen molar-refractivity contribution in [2.75, 3.05) is 26.2 Å². The second kappa shape index (κ2) is 6.72. The predicted octanol–water partition coefficient (Wildman–Crippen LogP) is 2.42. The normalized spacial score (nSPS) is 19.4. The number of aryl methyl sites for hydroxylation is 2. The third-order valence-corrected chi connectivity index (χ3v) is 4.54. The Kier molecular flexibility index (Phi) is 5.22. The van der Waals surface area contributed by atoms with Crippen LogP contribution in [-0.4, -0.2) is 40.9 Å². The van der Waals surface area contributed by atoms with E-state index in [0.29, 0.717) is 12.0 Å². The van der Waals surface area contributed by atoms with Crippen LogP contribution in [0.15, 0.2) is 0 Å². The zero-order valence-corrected chi connectivity index (χ0v) is 13.7. The lowest BCUT2D eigenvalue weighted by atomic mass is 10.1. The molecule has 1 aromatic heterocycles. The molecule has 0 radical (unpaired) electrons. The summed E-state index contributed by atoms with van der Waals surface area (Å²) in [6.45, 7) is 13.7. The van der Waals surface area contributed by atoms with Crippen molar-refractivity contribution in [1.82, 2.24) is 20.0 Å². The zero-order chi connectivity index (χ0) is 14.7. The van der Waals surface area contributed by atoms with Gasteiger partial charge in [0.2, 0.25) is 0 Å². The summed E-state index contributed by atoms with van der Waals surface area (Å²) in [4.78, 5) is 2.59. The minimum absolute atomic E-state index is 0.379. The van der Waals surface area contributed by atoms with E-state index >= 15 is 0 Å². The Balaban J connectivity index is 1.83. The first-order valence-corrected chi connectivity index (χ1v) is 7.95. The summed E-state index contributed by atoms with van der Waals surface area (Å²) in [7, 11) is 2.02. The van der Waals surface area contributed by atoms with E-state index in [2.05, 4.69) is 43.0 Å². The smallest absolute Gasteiger partial charge is 0.0644 e. The molecule has 1 aliphatic heterocycles. The molecule has 4 heteroatoms. The number of nitrogens with zero attached hydrogens (tertiary/aromatic N) is 3. The van der Waals surface area contributed by atoms with Gasteiger partial charge in [0.15, 0.2) is 0 Å². The van der Waals surface area contributed by atoms with E-state index in [1.165, 1.54) is 43.7 Å².